The minimum Gasteiger partial charge on any atom is -0.497 e. The number of aliphatic imine (C=N–C) groups is 1. The Balaban J connectivity index is 1.62. The van der Waals surface area contributed by atoms with Gasteiger partial charge in [0.05, 0.1) is 7.11 Å². The van der Waals surface area contributed by atoms with Gasteiger partial charge in [-0.1, -0.05) is 60.7 Å². The Bertz CT molecular complexity index is 1280. The van der Waals surface area contributed by atoms with Gasteiger partial charge in [0.1, 0.15) is 11.5 Å². The lowest BCUT2D eigenvalue weighted by atomic mass is 10.1. The van der Waals surface area contributed by atoms with Crippen molar-refractivity contribution in [1.82, 2.24) is 0 Å². The van der Waals surface area contributed by atoms with Crippen LogP contribution in [0, 0.1) is 0 Å². The van der Waals surface area contributed by atoms with Crippen LogP contribution in [0.3, 0.4) is 0 Å². The number of methoxy groups -OCH3 is 1. The van der Waals surface area contributed by atoms with E-state index in [0.29, 0.717) is 17.0 Å². The third-order valence-electron chi connectivity index (χ3n) is 5.06. The normalized spacial score (nSPS) is 11.2. The van der Waals surface area contributed by atoms with E-state index in [-0.39, 0.29) is 12.1 Å². The molecule has 5 heteroatoms. The zero-order chi connectivity index (χ0) is 22.3. The monoisotopic (exact) mass is 422 g/mol. The number of nitrogens with one attached hydrogen (secondary N) is 1. The van der Waals surface area contributed by atoms with E-state index in [1.54, 1.807) is 31.4 Å². The molecule has 0 aliphatic heterocycles. The molecule has 4 aromatic carbocycles. The Morgan fingerprint density at radius 1 is 0.812 bits per heavy atom. The molecule has 0 bridgehead atoms. The topological polar surface area (TPSA) is 67.8 Å². The van der Waals surface area contributed by atoms with Gasteiger partial charge < -0.3 is 10.1 Å². The first-order valence-electron chi connectivity index (χ1n) is 10.2. The van der Waals surface area contributed by atoms with Crippen LogP contribution in [-0.4, -0.2) is 24.6 Å². The van der Waals surface area contributed by atoms with Gasteiger partial charge in [-0.05, 0) is 52.7 Å². The zero-order valence-electron chi connectivity index (χ0n) is 17.6. The standard InChI is InChI=1S/C27H22N2O3/c1-32-24-15-11-19(12-16-24)17-25(29-26(30)21-8-3-2-4-9-21)27(31)28-23-14-13-20-7-5-6-10-22(20)18-23/h2-16,18H,17H2,1H3,(H,28,31). The Kier molecular flexibility index (Phi) is 6.37. The molecule has 0 spiro atoms. The Morgan fingerprint density at radius 3 is 2.22 bits per heavy atom. The molecular weight excluding hydrogens is 400 g/mol. The summed E-state index contributed by atoms with van der Waals surface area (Å²) in [5.41, 5.74) is 2.05. The van der Waals surface area contributed by atoms with Crippen molar-refractivity contribution in [3.63, 3.8) is 0 Å². The molecule has 1 N–H and O–H groups in total. The molecule has 0 atom stereocenters. The highest BCUT2D eigenvalue weighted by Gasteiger charge is 2.16. The number of fused-ring (bicyclic) bond motifs is 1. The third-order valence-corrected chi connectivity index (χ3v) is 5.06. The van der Waals surface area contributed by atoms with Crippen molar-refractivity contribution in [1.29, 1.82) is 0 Å². The number of carbonyl (C=O) groups excluding carboxylic acids is 2. The Morgan fingerprint density at radius 2 is 1.50 bits per heavy atom. The van der Waals surface area contributed by atoms with Gasteiger partial charge in [0.2, 0.25) is 0 Å². The minimum atomic E-state index is -0.456. The molecule has 0 aliphatic carbocycles. The number of nitrogens with zero attached hydrogens (tertiary/aromatic N) is 1. The van der Waals surface area contributed by atoms with Crippen LogP contribution in [0.25, 0.3) is 10.8 Å². The number of carbonyl (C=O) groups is 2. The second kappa shape index (κ2) is 9.71. The molecule has 5 nitrogen and oxygen atoms in total. The number of anilines is 1. The Hall–Kier alpha value is -4.25. The van der Waals surface area contributed by atoms with E-state index in [1.165, 1.54) is 0 Å². The highest BCUT2D eigenvalue weighted by molar-refractivity contribution is 6.45. The molecule has 0 unspecified atom stereocenters. The molecule has 0 fully saturated rings. The summed E-state index contributed by atoms with van der Waals surface area (Å²) in [6, 6.07) is 29.6. The number of hydrogen-bond acceptors (Lipinski definition) is 3. The molecule has 0 saturated heterocycles. The van der Waals surface area contributed by atoms with Gasteiger partial charge >= 0.3 is 0 Å². The highest BCUT2D eigenvalue weighted by atomic mass is 16.5. The molecule has 4 aromatic rings. The number of benzene rings is 4. The van der Waals surface area contributed by atoms with Crippen molar-refractivity contribution < 1.29 is 14.3 Å². The molecule has 0 aliphatic rings. The van der Waals surface area contributed by atoms with E-state index in [1.807, 2.05) is 72.8 Å². The summed E-state index contributed by atoms with van der Waals surface area (Å²) in [5.74, 6) is -0.156. The van der Waals surface area contributed by atoms with Crippen molar-refractivity contribution >= 4 is 34.0 Å². The molecule has 2 amide bonds. The molecule has 0 aromatic heterocycles. The second-order valence-electron chi connectivity index (χ2n) is 7.27. The van der Waals surface area contributed by atoms with Gasteiger partial charge in [-0.2, -0.15) is 0 Å². The lowest BCUT2D eigenvalue weighted by molar-refractivity contribution is -0.110. The fourth-order valence-electron chi connectivity index (χ4n) is 3.35. The van der Waals surface area contributed by atoms with Crippen LogP contribution in [0.4, 0.5) is 5.69 Å². The van der Waals surface area contributed by atoms with E-state index in [4.69, 9.17) is 4.74 Å². The smallest absolute Gasteiger partial charge is 0.277 e. The maximum absolute atomic E-state index is 13.1. The predicted octanol–water partition coefficient (Wildman–Crippen LogP) is 5.31. The molecule has 0 saturated carbocycles. The predicted molar refractivity (Wildman–Crippen MR) is 127 cm³/mol. The van der Waals surface area contributed by atoms with E-state index < -0.39 is 11.8 Å². The zero-order valence-corrected chi connectivity index (χ0v) is 17.6. The summed E-state index contributed by atoms with van der Waals surface area (Å²) in [7, 11) is 1.59. The van der Waals surface area contributed by atoms with Crippen molar-refractivity contribution in [2.75, 3.05) is 12.4 Å². The van der Waals surface area contributed by atoms with Crippen LogP contribution in [0.5, 0.6) is 5.75 Å². The first-order valence-corrected chi connectivity index (χ1v) is 10.2. The van der Waals surface area contributed by atoms with Gasteiger partial charge in [0.25, 0.3) is 11.8 Å². The van der Waals surface area contributed by atoms with Crippen molar-refractivity contribution in [3.8, 4) is 5.75 Å². The van der Waals surface area contributed by atoms with E-state index in [2.05, 4.69) is 10.3 Å². The molecule has 32 heavy (non-hydrogen) atoms. The average Bonchev–Trinajstić information content (AvgIpc) is 2.84. The van der Waals surface area contributed by atoms with Crippen LogP contribution in [0.2, 0.25) is 0 Å². The van der Waals surface area contributed by atoms with E-state index >= 15 is 0 Å². The fraction of sp³-hybridized carbons (Fsp3) is 0.0741. The molecule has 0 heterocycles. The van der Waals surface area contributed by atoms with Crippen LogP contribution in [0.1, 0.15) is 15.9 Å². The maximum atomic E-state index is 13.1. The van der Waals surface area contributed by atoms with Crippen LogP contribution in [0.15, 0.2) is 102 Å². The van der Waals surface area contributed by atoms with Crippen molar-refractivity contribution in [2.24, 2.45) is 4.99 Å². The van der Waals surface area contributed by atoms with Gasteiger partial charge in [-0.25, -0.2) is 4.99 Å². The van der Waals surface area contributed by atoms with Gasteiger partial charge in [-0.3, -0.25) is 9.59 Å². The first kappa shape index (κ1) is 21.0. The molecular formula is C27H22N2O3. The van der Waals surface area contributed by atoms with Crippen molar-refractivity contribution in [3.05, 3.63) is 108 Å². The average molecular weight is 422 g/mol. The number of rotatable bonds is 6. The lowest BCUT2D eigenvalue weighted by Crippen LogP contribution is -2.26. The summed E-state index contributed by atoms with van der Waals surface area (Å²) in [4.78, 5) is 30.0. The lowest BCUT2D eigenvalue weighted by Gasteiger charge is -2.10. The van der Waals surface area contributed by atoms with Gasteiger partial charge in [0.15, 0.2) is 0 Å². The number of hydrogen-bond donors (Lipinski definition) is 1. The molecule has 0 radical (unpaired) electrons. The van der Waals surface area contributed by atoms with E-state index in [0.717, 1.165) is 16.3 Å². The van der Waals surface area contributed by atoms with Gasteiger partial charge in [0, 0.05) is 17.7 Å². The number of amides is 2. The highest BCUT2D eigenvalue weighted by Crippen LogP contribution is 2.19. The second-order valence-corrected chi connectivity index (χ2v) is 7.27. The van der Waals surface area contributed by atoms with Crippen LogP contribution in [-0.2, 0) is 11.2 Å². The third kappa shape index (κ3) is 5.08. The summed E-state index contributed by atoms with van der Waals surface area (Å²) in [5, 5.41) is 4.98. The maximum Gasteiger partial charge on any atom is 0.277 e. The van der Waals surface area contributed by atoms with Crippen molar-refractivity contribution in [2.45, 2.75) is 6.42 Å². The summed E-state index contributed by atoms with van der Waals surface area (Å²) in [6.07, 6.45) is 0.210. The number of ether oxygens (including phenoxy) is 1. The molecule has 4 rings (SSSR count). The van der Waals surface area contributed by atoms with Gasteiger partial charge in [-0.15, -0.1) is 0 Å². The first-order chi connectivity index (χ1) is 15.6. The minimum absolute atomic E-state index is 0.136. The largest absolute Gasteiger partial charge is 0.497 e. The Labute approximate surface area is 186 Å². The summed E-state index contributed by atoms with van der Waals surface area (Å²) >= 11 is 0. The fourth-order valence-corrected chi connectivity index (χ4v) is 3.35. The summed E-state index contributed by atoms with van der Waals surface area (Å²) < 4.78 is 5.19. The summed E-state index contributed by atoms with van der Waals surface area (Å²) in [6.45, 7) is 0. The SMILES string of the molecule is COc1ccc(CC(=NC(=O)c2ccccc2)C(=O)Nc2ccc3ccccc3c2)cc1. The quantitative estimate of drug-likeness (QED) is 0.428. The van der Waals surface area contributed by atoms with Crippen LogP contribution < -0.4 is 10.1 Å². The van der Waals surface area contributed by atoms with E-state index in [9.17, 15) is 9.59 Å². The molecule has 158 valence electrons. The van der Waals surface area contributed by atoms with Crippen LogP contribution >= 0.6 is 0 Å².